The van der Waals surface area contributed by atoms with Crippen LogP contribution in [0.15, 0.2) is 0 Å². The number of hydrogen-bond acceptors (Lipinski definition) is 2. The van der Waals surface area contributed by atoms with E-state index in [9.17, 15) is 0 Å². The molecule has 4 unspecified atom stereocenters. The van der Waals surface area contributed by atoms with Crippen molar-refractivity contribution in [1.29, 1.82) is 0 Å². The van der Waals surface area contributed by atoms with E-state index in [0.29, 0.717) is 0 Å². The Morgan fingerprint density at radius 1 is 1.35 bits per heavy atom. The van der Waals surface area contributed by atoms with Gasteiger partial charge < -0.3 is 10.2 Å². The highest BCUT2D eigenvalue weighted by molar-refractivity contribution is 4.85. The van der Waals surface area contributed by atoms with Gasteiger partial charge in [0, 0.05) is 32.2 Å². The molecule has 0 aromatic heterocycles. The van der Waals surface area contributed by atoms with Gasteiger partial charge in [-0.1, -0.05) is 40.0 Å². The molecule has 1 saturated heterocycles. The molecular formula is C15H30N2. The van der Waals surface area contributed by atoms with Gasteiger partial charge in [0.2, 0.25) is 0 Å². The maximum Gasteiger partial charge on any atom is 0.0221 e. The minimum absolute atomic E-state index is 0.727. The molecule has 2 nitrogen and oxygen atoms in total. The van der Waals surface area contributed by atoms with Crippen LogP contribution in [0.3, 0.4) is 0 Å². The van der Waals surface area contributed by atoms with Crippen molar-refractivity contribution in [3.05, 3.63) is 0 Å². The van der Waals surface area contributed by atoms with E-state index in [2.05, 4.69) is 31.0 Å². The zero-order valence-electron chi connectivity index (χ0n) is 11.9. The summed E-state index contributed by atoms with van der Waals surface area (Å²) in [6.07, 6.45) is 5.70. The Morgan fingerprint density at radius 3 is 2.82 bits per heavy atom. The van der Waals surface area contributed by atoms with E-state index < -0.39 is 0 Å². The fourth-order valence-corrected chi connectivity index (χ4v) is 3.50. The topological polar surface area (TPSA) is 15.3 Å². The highest BCUT2D eigenvalue weighted by Crippen LogP contribution is 2.32. The summed E-state index contributed by atoms with van der Waals surface area (Å²) in [7, 11) is 0. The highest BCUT2D eigenvalue weighted by Gasteiger charge is 2.28. The zero-order chi connectivity index (χ0) is 12.3. The molecule has 2 heteroatoms. The minimum Gasteiger partial charge on any atom is -0.311 e. The lowest BCUT2D eigenvalue weighted by atomic mass is 9.94. The van der Waals surface area contributed by atoms with Gasteiger partial charge in [0.1, 0.15) is 0 Å². The molecule has 4 atom stereocenters. The molecule has 1 N–H and O–H groups in total. The zero-order valence-corrected chi connectivity index (χ0v) is 11.9. The van der Waals surface area contributed by atoms with Gasteiger partial charge in [-0.3, -0.25) is 0 Å². The van der Waals surface area contributed by atoms with E-state index in [-0.39, 0.29) is 0 Å². The van der Waals surface area contributed by atoms with Crippen LogP contribution in [0.2, 0.25) is 0 Å². The lowest BCUT2D eigenvalue weighted by molar-refractivity contribution is 0.139. The molecule has 100 valence electrons. The fraction of sp³-hybridized carbons (Fsp3) is 1.00. The predicted octanol–water partition coefficient (Wildman–Crippen LogP) is 2.74. The first kappa shape index (κ1) is 13.4. The average Bonchev–Trinajstić information content (AvgIpc) is 2.74. The van der Waals surface area contributed by atoms with Crippen molar-refractivity contribution in [1.82, 2.24) is 10.2 Å². The number of rotatable bonds is 4. The number of hydrogen-bond donors (Lipinski definition) is 1. The molecule has 2 aliphatic rings. The standard InChI is InChI=1S/C15H30N2/c1-4-12(2)15-11-17(9-8-16-15)10-14-7-5-6-13(14)3/h12-16H,4-11H2,1-3H3. The van der Waals surface area contributed by atoms with Crippen LogP contribution in [0.4, 0.5) is 0 Å². The Morgan fingerprint density at radius 2 is 2.18 bits per heavy atom. The normalized spacial score (nSPS) is 37.2. The smallest absolute Gasteiger partial charge is 0.0221 e. The lowest BCUT2D eigenvalue weighted by Crippen LogP contribution is -2.54. The average molecular weight is 238 g/mol. The molecule has 0 bridgehead atoms. The third kappa shape index (κ3) is 3.45. The van der Waals surface area contributed by atoms with E-state index in [1.54, 1.807) is 0 Å². The Bertz CT molecular complexity index is 229. The second-order valence-electron chi connectivity index (χ2n) is 6.37. The Kier molecular flexibility index (Phi) is 4.87. The SMILES string of the molecule is CCC(C)C1CN(CC2CCCC2C)CCN1. The van der Waals surface area contributed by atoms with Gasteiger partial charge in [-0.25, -0.2) is 0 Å². The van der Waals surface area contributed by atoms with Crippen molar-refractivity contribution in [3.63, 3.8) is 0 Å². The number of nitrogens with one attached hydrogen (secondary N) is 1. The molecule has 2 fully saturated rings. The molecule has 1 aliphatic carbocycles. The first-order valence-corrected chi connectivity index (χ1v) is 7.66. The molecule has 2 rings (SSSR count). The number of piperazine rings is 1. The maximum atomic E-state index is 3.69. The first-order chi connectivity index (χ1) is 8.20. The van der Waals surface area contributed by atoms with Crippen LogP contribution < -0.4 is 5.32 Å². The van der Waals surface area contributed by atoms with Crippen molar-refractivity contribution < 1.29 is 0 Å². The van der Waals surface area contributed by atoms with Crippen molar-refractivity contribution in [2.45, 2.75) is 52.5 Å². The summed E-state index contributed by atoms with van der Waals surface area (Å²) in [6, 6.07) is 0.727. The first-order valence-electron chi connectivity index (χ1n) is 7.66. The number of nitrogens with zero attached hydrogens (tertiary/aromatic N) is 1. The third-order valence-corrected chi connectivity index (χ3v) is 5.15. The summed E-state index contributed by atoms with van der Waals surface area (Å²) < 4.78 is 0. The molecule has 0 radical (unpaired) electrons. The second-order valence-corrected chi connectivity index (χ2v) is 6.37. The summed E-state index contributed by atoms with van der Waals surface area (Å²) in [4.78, 5) is 2.72. The van der Waals surface area contributed by atoms with Crippen LogP contribution in [0.5, 0.6) is 0 Å². The van der Waals surface area contributed by atoms with Crippen molar-refractivity contribution in [2.75, 3.05) is 26.2 Å². The molecule has 0 aromatic rings. The molecule has 0 spiro atoms. The van der Waals surface area contributed by atoms with Gasteiger partial charge in [0.25, 0.3) is 0 Å². The summed E-state index contributed by atoms with van der Waals surface area (Å²) in [5.74, 6) is 2.76. The van der Waals surface area contributed by atoms with Crippen molar-refractivity contribution >= 4 is 0 Å². The summed E-state index contributed by atoms with van der Waals surface area (Å²) >= 11 is 0. The minimum atomic E-state index is 0.727. The van der Waals surface area contributed by atoms with E-state index in [1.165, 1.54) is 51.9 Å². The summed E-state index contributed by atoms with van der Waals surface area (Å²) in [5, 5.41) is 3.69. The second kappa shape index (κ2) is 6.19. The van der Waals surface area contributed by atoms with Gasteiger partial charge in [0.15, 0.2) is 0 Å². The fourth-order valence-electron chi connectivity index (χ4n) is 3.50. The highest BCUT2D eigenvalue weighted by atomic mass is 15.2. The van der Waals surface area contributed by atoms with Gasteiger partial charge >= 0.3 is 0 Å². The molecular weight excluding hydrogens is 208 g/mol. The van der Waals surface area contributed by atoms with Crippen LogP contribution in [0.1, 0.15) is 46.5 Å². The molecule has 1 saturated carbocycles. The lowest BCUT2D eigenvalue weighted by Gasteiger charge is -2.38. The van der Waals surface area contributed by atoms with Crippen molar-refractivity contribution in [3.8, 4) is 0 Å². The van der Waals surface area contributed by atoms with Crippen LogP contribution in [0, 0.1) is 17.8 Å². The van der Waals surface area contributed by atoms with E-state index in [1.807, 2.05) is 0 Å². The van der Waals surface area contributed by atoms with Gasteiger partial charge in [-0.15, -0.1) is 0 Å². The quantitative estimate of drug-likeness (QED) is 0.810. The molecule has 1 aliphatic heterocycles. The molecule has 0 amide bonds. The van der Waals surface area contributed by atoms with Gasteiger partial charge in [0.05, 0.1) is 0 Å². The van der Waals surface area contributed by atoms with Crippen molar-refractivity contribution in [2.24, 2.45) is 17.8 Å². The summed E-state index contributed by atoms with van der Waals surface area (Å²) in [5.41, 5.74) is 0. The monoisotopic (exact) mass is 238 g/mol. The Balaban J connectivity index is 1.80. The van der Waals surface area contributed by atoms with Gasteiger partial charge in [-0.05, 0) is 24.2 Å². The van der Waals surface area contributed by atoms with Crippen LogP contribution >= 0.6 is 0 Å². The van der Waals surface area contributed by atoms with E-state index in [0.717, 1.165) is 23.8 Å². The Hall–Kier alpha value is -0.0800. The van der Waals surface area contributed by atoms with Crippen LogP contribution in [-0.2, 0) is 0 Å². The largest absolute Gasteiger partial charge is 0.311 e. The maximum absolute atomic E-state index is 3.69. The molecule has 17 heavy (non-hydrogen) atoms. The van der Waals surface area contributed by atoms with E-state index in [4.69, 9.17) is 0 Å². The van der Waals surface area contributed by atoms with Crippen LogP contribution in [-0.4, -0.2) is 37.1 Å². The third-order valence-electron chi connectivity index (χ3n) is 5.15. The Labute approximate surface area is 107 Å². The van der Waals surface area contributed by atoms with Gasteiger partial charge in [-0.2, -0.15) is 0 Å². The summed E-state index contributed by atoms with van der Waals surface area (Å²) in [6.45, 7) is 12.2. The predicted molar refractivity (Wildman–Crippen MR) is 74.2 cm³/mol. The molecule has 1 heterocycles. The van der Waals surface area contributed by atoms with Crippen LogP contribution in [0.25, 0.3) is 0 Å². The molecule has 0 aromatic carbocycles. The van der Waals surface area contributed by atoms with E-state index >= 15 is 0 Å².